The van der Waals surface area contributed by atoms with Gasteiger partial charge in [0.25, 0.3) is 0 Å². The summed E-state index contributed by atoms with van der Waals surface area (Å²) >= 11 is 6.11. The molecule has 0 aliphatic rings. The summed E-state index contributed by atoms with van der Waals surface area (Å²) in [7, 11) is 0. The molecule has 5 heteroatoms. The molecule has 0 atom stereocenters. The Labute approximate surface area is 111 Å². The summed E-state index contributed by atoms with van der Waals surface area (Å²) in [6.45, 7) is 5.60. The summed E-state index contributed by atoms with van der Waals surface area (Å²) in [6.07, 6.45) is 0. The summed E-state index contributed by atoms with van der Waals surface area (Å²) < 4.78 is 0. The van der Waals surface area contributed by atoms with Crippen molar-refractivity contribution in [3.63, 3.8) is 0 Å². The Morgan fingerprint density at radius 2 is 2.17 bits per heavy atom. The Balaban J connectivity index is 3.27. The number of halogens is 1. The lowest BCUT2D eigenvalue weighted by atomic mass is 10.0. The zero-order valence-corrected chi connectivity index (χ0v) is 11.3. The summed E-state index contributed by atoms with van der Waals surface area (Å²) in [5.41, 5.74) is 0.00511. The SMILES string of the molecule is CCN(c1ccc(C#N)cc1Cl)C(C)(C)C(=O)O. The largest absolute Gasteiger partial charge is 0.480 e. The number of hydrogen-bond donors (Lipinski definition) is 1. The fourth-order valence-electron chi connectivity index (χ4n) is 1.78. The zero-order valence-electron chi connectivity index (χ0n) is 10.6. The van der Waals surface area contributed by atoms with Gasteiger partial charge in [0.15, 0.2) is 0 Å². The molecule has 0 saturated heterocycles. The molecule has 1 aromatic rings. The minimum atomic E-state index is -1.06. The van der Waals surface area contributed by atoms with E-state index in [-0.39, 0.29) is 0 Å². The third-order valence-corrected chi connectivity index (χ3v) is 3.18. The molecule has 0 unspecified atom stereocenters. The topological polar surface area (TPSA) is 64.3 Å². The fourth-order valence-corrected chi connectivity index (χ4v) is 2.06. The molecule has 0 fully saturated rings. The highest BCUT2D eigenvalue weighted by Gasteiger charge is 2.34. The molecule has 4 nitrogen and oxygen atoms in total. The molecular formula is C13H15ClN2O2. The van der Waals surface area contributed by atoms with Crippen LogP contribution in [-0.4, -0.2) is 23.2 Å². The summed E-state index contributed by atoms with van der Waals surface area (Å²) in [4.78, 5) is 13.0. The van der Waals surface area contributed by atoms with Crippen LogP contribution in [0.4, 0.5) is 5.69 Å². The van der Waals surface area contributed by atoms with Crippen molar-refractivity contribution in [2.75, 3.05) is 11.4 Å². The van der Waals surface area contributed by atoms with Crippen molar-refractivity contribution in [2.24, 2.45) is 0 Å². The Hall–Kier alpha value is -1.73. The van der Waals surface area contributed by atoms with E-state index in [1.165, 1.54) is 6.07 Å². The summed E-state index contributed by atoms with van der Waals surface area (Å²) in [5, 5.41) is 18.4. The monoisotopic (exact) mass is 266 g/mol. The zero-order chi connectivity index (χ0) is 13.9. The third kappa shape index (κ3) is 2.57. The molecule has 1 rings (SSSR count). The number of nitriles is 1. The molecule has 96 valence electrons. The van der Waals surface area contributed by atoms with Gasteiger partial charge in [-0.2, -0.15) is 5.26 Å². The quantitative estimate of drug-likeness (QED) is 0.910. The minimum absolute atomic E-state index is 0.380. The predicted octanol–water partition coefficient (Wildman–Crippen LogP) is 2.90. The van der Waals surface area contributed by atoms with Gasteiger partial charge in [0, 0.05) is 6.54 Å². The molecule has 0 heterocycles. The van der Waals surface area contributed by atoms with E-state index in [9.17, 15) is 9.90 Å². The van der Waals surface area contributed by atoms with Gasteiger partial charge in [-0.05, 0) is 39.0 Å². The average molecular weight is 267 g/mol. The molecule has 1 N–H and O–H groups in total. The minimum Gasteiger partial charge on any atom is -0.480 e. The van der Waals surface area contributed by atoms with Gasteiger partial charge < -0.3 is 10.0 Å². The maximum atomic E-state index is 11.3. The fraction of sp³-hybridized carbons (Fsp3) is 0.385. The first-order valence-electron chi connectivity index (χ1n) is 5.55. The van der Waals surface area contributed by atoms with Crippen molar-refractivity contribution in [1.29, 1.82) is 5.26 Å². The highest BCUT2D eigenvalue weighted by Crippen LogP contribution is 2.31. The number of anilines is 1. The van der Waals surface area contributed by atoms with Crippen LogP contribution in [0, 0.1) is 11.3 Å². The second-order valence-electron chi connectivity index (χ2n) is 4.39. The second kappa shape index (κ2) is 5.28. The number of benzene rings is 1. The summed E-state index contributed by atoms with van der Waals surface area (Å²) in [6, 6.07) is 6.84. The van der Waals surface area contributed by atoms with Gasteiger partial charge in [-0.1, -0.05) is 11.6 Å². The molecule has 0 aromatic heterocycles. The highest BCUT2D eigenvalue weighted by atomic mass is 35.5. The number of rotatable bonds is 4. The Morgan fingerprint density at radius 1 is 1.56 bits per heavy atom. The molecule has 0 saturated carbocycles. The molecule has 0 aliphatic heterocycles. The van der Waals surface area contributed by atoms with E-state index in [0.717, 1.165) is 0 Å². The molecule has 18 heavy (non-hydrogen) atoms. The van der Waals surface area contributed by atoms with E-state index >= 15 is 0 Å². The predicted molar refractivity (Wildman–Crippen MR) is 70.9 cm³/mol. The maximum absolute atomic E-state index is 11.3. The third-order valence-electron chi connectivity index (χ3n) is 2.88. The van der Waals surface area contributed by atoms with Crippen molar-refractivity contribution >= 4 is 23.3 Å². The summed E-state index contributed by atoms with van der Waals surface area (Å²) in [5.74, 6) is -0.926. The van der Waals surface area contributed by atoms with Crippen molar-refractivity contribution < 1.29 is 9.90 Å². The number of hydrogen-bond acceptors (Lipinski definition) is 3. The lowest BCUT2D eigenvalue weighted by molar-refractivity contribution is -0.142. The Morgan fingerprint density at radius 3 is 2.56 bits per heavy atom. The van der Waals surface area contributed by atoms with Crippen LogP contribution in [0.1, 0.15) is 26.3 Å². The Kier molecular flexibility index (Phi) is 4.20. The lowest BCUT2D eigenvalue weighted by Gasteiger charge is -2.36. The van der Waals surface area contributed by atoms with Crippen LogP contribution in [0.5, 0.6) is 0 Å². The number of carboxylic acids is 1. The molecule has 0 spiro atoms. The van der Waals surface area contributed by atoms with Gasteiger partial charge in [0.05, 0.1) is 22.3 Å². The molecule has 1 aromatic carbocycles. The van der Waals surface area contributed by atoms with Crippen molar-refractivity contribution in [3.05, 3.63) is 28.8 Å². The molecule has 0 bridgehead atoms. The lowest BCUT2D eigenvalue weighted by Crippen LogP contribution is -2.50. The number of likely N-dealkylation sites (N-methyl/N-ethyl adjacent to an activating group) is 1. The van der Waals surface area contributed by atoms with Gasteiger partial charge in [-0.25, -0.2) is 4.79 Å². The van der Waals surface area contributed by atoms with Crippen LogP contribution < -0.4 is 4.90 Å². The molecule has 0 radical (unpaired) electrons. The van der Waals surface area contributed by atoms with E-state index in [0.29, 0.717) is 22.8 Å². The maximum Gasteiger partial charge on any atom is 0.328 e. The first-order valence-corrected chi connectivity index (χ1v) is 5.93. The van der Waals surface area contributed by atoms with E-state index in [1.54, 1.807) is 30.9 Å². The van der Waals surface area contributed by atoms with E-state index in [4.69, 9.17) is 16.9 Å². The van der Waals surface area contributed by atoms with Gasteiger partial charge >= 0.3 is 5.97 Å². The average Bonchev–Trinajstić information content (AvgIpc) is 2.31. The van der Waals surface area contributed by atoms with Crippen molar-refractivity contribution in [2.45, 2.75) is 26.3 Å². The number of nitrogens with zero attached hydrogens (tertiary/aromatic N) is 2. The van der Waals surface area contributed by atoms with Crippen molar-refractivity contribution in [1.82, 2.24) is 0 Å². The highest BCUT2D eigenvalue weighted by molar-refractivity contribution is 6.33. The standard InChI is InChI=1S/C13H15ClN2O2/c1-4-16(13(2,3)12(17)18)11-6-5-9(8-15)7-10(11)14/h5-7H,4H2,1-3H3,(H,17,18). The van der Waals surface area contributed by atoms with Gasteiger partial charge in [-0.15, -0.1) is 0 Å². The van der Waals surface area contributed by atoms with Crippen molar-refractivity contribution in [3.8, 4) is 6.07 Å². The first kappa shape index (κ1) is 14.3. The van der Waals surface area contributed by atoms with Gasteiger partial charge in [0.1, 0.15) is 5.54 Å². The van der Waals surface area contributed by atoms with Gasteiger partial charge in [-0.3, -0.25) is 0 Å². The van der Waals surface area contributed by atoms with Crippen LogP contribution in [-0.2, 0) is 4.79 Å². The normalized spacial score (nSPS) is 10.8. The van der Waals surface area contributed by atoms with Crippen LogP contribution >= 0.6 is 11.6 Å². The molecular weight excluding hydrogens is 252 g/mol. The van der Waals surface area contributed by atoms with Gasteiger partial charge in [0.2, 0.25) is 0 Å². The van der Waals surface area contributed by atoms with E-state index in [1.807, 2.05) is 13.0 Å². The Bertz CT molecular complexity index is 506. The second-order valence-corrected chi connectivity index (χ2v) is 4.79. The van der Waals surface area contributed by atoms with Crippen LogP contribution in [0.25, 0.3) is 0 Å². The number of carbonyl (C=O) groups is 1. The van der Waals surface area contributed by atoms with Crippen LogP contribution in [0.15, 0.2) is 18.2 Å². The van der Waals surface area contributed by atoms with Crippen LogP contribution in [0.3, 0.4) is 0 Å². The van der Waals surface area contributed by atoms with Crippen LogP contribution in [0.2, 0.25) is 5.02 Å². The van der Waals surface area contributed by atoms with E-state index in [2.05, 4.69) is 0 Å². The number of aliphatic carboxylic acids is 1. The smallest absolute Gasteiger partial charge is 0.328 e. The molecule has 0 amide bonds. The van der Waals surface area contributed by atoms with E-state index < -0.39 is 11.5 Å². The number of carboxylic acid groups (broad SMARTS) is 1. The first-order chi connectivity index (χ1) is 8.34. The molecule has 0 aliphatic carbocycles.